The van der Waals surface area contributed by atoms with Crippen LogP contribution < -0.4 is 16.0 Å². The molecule has 2 amide bonds. The summed E-state index contributed by atoms with van der Waals surface area (Å²) in [6, 6.07) is 7.96. The number of hydrogen-bond acceptors (Lipinski definition) is 3. The maximum atomic E-state index is 12.3. The summed E-state index contributed by atoms with van der Waals surface area (Å²) in [7, 11) is 0. The molecule has 0 aliphatic carbocycles. The average molecular weight is 517 g/mol. The molecule has 28 heavy (non-hydrogen) atoms. The molecular formula is C20H32IN5OS. The highest BCUT2D eigenvalue weighted by atomic mass is 127. The summed E-state index contributed by atoms with van der Waals surface area (Å²) in [6.07, 6.45) is 4.81. The van der Waals surface area contributed by atoms with Crippen molar-refractivity contribution >= 4 is 53.4 Å². The molecule has 2 fully saturated rings. The Morgan fingerprint density at radius 2 is 2.07 bits per heavy atom. The molecule has 0 aromatic heterocycles. The van der Waals surface area contributed by atoms with Gasteiger partial charge in [0.25, 0.3) is 0 Å². The molecule has 0 bridgehead atoms. The number of rotatable bonds is 6. The number of thioether (sulfide) groups is 1. The van der Waals surface area contributed by atoms with Crippen LogP contribution in [-0.2, 0) is 6.54 Å². The Hall–Kier alpha value is -1.16. The molecule has 8 heteroatoms. The highest BCUT2D eigenvalue weighted by Gasteiger charge is 2.18. The van der Waals surface area contributed by atoms with Crippen molar-refractivity contribution in [3.63, 3.8) is 0 Å². The highest BCUT2D eigenvalue weighted by Crippen LogP contribution is 2.25. The fraction of sp³-hybridized carbons (Fsp3) is 0.600. The normalized spacial score (nSPS) is 19.2. The van der Waals surface area contributed by atoms with Crippen LogP contribution in [0, 0.1) is 0 Å². The first-order valence-corrected chi connectivity index (χ1v) is 11.1. The summed E-state index contributed by atoms with van der Waals surface area (Å²) in [4.78, 5) is 18.8. The Morgan fingerprint density at radius 3 is 2.79 bits per heavy atom. The van der Waals surface area contributed by atoms with Gasteiger partial charge >= 0.3 is 6.03 Å². The van der Waals surface area contributed by atoms with E-state index in [9.17, 15) is 4.79 Å². The van der Waals surface area contributed by atoms with Crippen molar-refractivity contribution < 1.29 is 4.79 Å². The van der Waals surface area contributed by atoms with Crippen LogP contribution in [0.1, 0.15) is 38.2 Å². The lowest BCUT2D eigenvalue weighted by Gasteiger charge is -2.16. The van der Waals surface area contributed by atoms with E-state index in [2.05, 4.69) is 22.9 Å². The predicted octanol–water partition coefficient (Wildman–Crippen LogP) is 3.88. The quantitative estimate of drug-likeness (QED) is 0.305. The summed E-state index contributed by atoms with van der Waals surface area (Å²) in [5.74, 6) is 2.13. The number of anilines is 1. The van der Waals surface area contributed by atoms with Crippen LogP contribution in [0.2, 0.25) is 0 Å². The fourth-order valence-corrected chi connectivity index (χ4v) is 4.60. The second-order valence-corrected chi connectivity index (χ2v) is 8.44. The van der Waals surface area contributed by atoms with E-state index < -0.39 is 0 Å². The Bertz CT molecular complexity index is 645. The van der Waals surface area contributed by atoms with Gasteiger partial charge in [-0.3, -0.25) is 0 Å². The van der Waals surface area contributed by atoms with E-state index in [1.807, 2.05) is 40.9 Å². The minimum atomic E-state index is -0.00257. The molecule has 2 saturated heterocycles. The summed E-state index contributed by atoms with van der Waals surface area (Å²) >= 11 is 2.05. The number of amides is 2. The molecule has 2 aliphatic rings. The number of carbonyl (C=O) groups excluding carboxylic acids is 1. The standard InChI is InChI=1S/C20H31N5OS.HI/c1-2-21-19(23-15-18-9-6-12-27-18)22-14-16-7-5-8-17(13-16)24-20(26)25-10-3-4-11-25;/h5,7-8,13,18H,2-4,6,9-12,14-15H2,1H3,(H,24,26)(H2,21,22,23);1H. The number of aliphatic imine (C=N–C) groups is 1. The first-order valence-electron chi connectivity index (χ1n) is 10.0. The number of guanidine groups is 1. The lowest BCUT2D eigenvalue weighted by atomic mass is 10.2. The first kappa shape index (κ1) is 23.1. The van der Waals surface area contributed by atoms with Gasteiger partial charge in [-0.15, -0.1) is 24.0 Å². The van der Waals surface area contributed by atoms with Crippen molar-refractivity contribution in [1.29, 1.82) is 0 Å². The summed E-state index contributed by atoms with van der Waals surface area (Å²) in [6.45, 7) is 6.17. The maximum Gasteiger partial charge on any atom is 0.321 e. The monoisotopic (exact) mass is 517 g/mol. The van der Waals surface area contributed by atoms with Gasteiger partial charge in [0.05, 0.1) is 6.54 Å². The van der Waals surface area contributed by atoms with Crippen LogP contribution in [0.5, 0.6) is 0 Å². The number of urea groups is 1. The van der Waals surface area contributed by atoms with Gasteiger partial charge < -0.3 is 20.9 Å². The number of halogens is 1. The Balaban J connectivity index is 0.00000280. The second kappa shape index (κ2) is 12.4. The van der Waals surface area contributed by atoms with E-state index in [0.29, 0.717) is 11.8 Å². The van der Waals surface area contributed by atoms with Crippen LogP contribution >= 0.6 is 35.7 Å². The van der Waals surface area contributed by atoms with Crippen molar-refractivity contribution in [1.82, 2.24) is 15.5 Å². The van der Waals surface area contributed by atoms with Crippen molar-refractivity contribution in [2.24, 2.45) is 4.99 Å². The summed E-state index contributed by atoms with van der Waals surface area (Å²) < 4.78 is 0. The van der Waals surface area contributed by atoms with Gasteiger partial charge in [0.1, 0.15) is 0 Å². The van der Waals surface area contributed by atoms with Crippen LogP contribution in [0.25, 0.3) is 0 Å². The van der Waals surface area contributed by atoms with E-state index in [0.717, 1.165) is 56.2 Å². The van der Waals surface area contributed by atoms with Gasteiger partial charge in [0.15, 0.2) is 5.96 Å². The number of likely N-dealkylation sites (tertiary alicyclic amines) is 1. The molecular weight excluding hydrogens is 485 g/mol. The molecule has 156 valence electrons. The Kier molecular flexibility index (Phi) is 10.3. The molecule has 0 spiro atoms. The predicted molar refractivity (Wildman–Crippen MR) is 130 cm³/mol. The second-order valence-electron chi connectivity index (χ2n) is 7.04. The molecule has 1 aromatic rings. The van der Waals surface area contributed by atoms with E-state index >= 15 is 0 Å². The first-order chi connectivity index (χ1) is 13.2. The molecule has 1 aromatic carbocycles. The third-order valence-corrected chi connectivity index (χ3v) is 6.25. The minimum Gasteiger partial charge on any atom is -0.357 e. The molecule has 2 heterocycles. The number of hydrogen-bond donors (Lipinski definition) is 3. The molecule has 1 unspecified atom stereocenters. The van der Waals surface area contributed by atoms with Gasteiger partial charge in [-0.2, -0.15) is 11.8 Å². The van der Waals surface area contributed by atoms with Gasteiger partial charge in [-0.25, -0.2) is 9.79 Å². The van der Waals surface area contributed by atoms with Crippen LogP contribution in [0.15, 0.2) is 29.3 Å². The third-order valence-electron chi connectivity index (χ3n) is 4.86. The maximum absolute atomic E-state index is 12.3. The van der Waals surface area contributed by atoms with Crippen LogP contribution in [0.3, 0.4) is 0 Å². The number of nitrogens with zero attached hydrogens (tertiary/aromatic N) is 2. The molecule has 3 rings (SSSR count). The van der Waals surface area contributed by atoms with Crippen molar-refractivity contribution in [3.05, 3.63) is 29.8 Å². The summed E-state index contributed by atoms with van der Waals surface area (Å²) in [5.41, 5.74) is 1.92. The number of carbonyl (C=O) groups is 1. The van der Waals surface area contributed by atoms with Gasteiger partial charge in [0.2, 0.25) is 0 Å². The van der Waals surface area contributed by atoms with Gasteiger partial charge in [0, 0.05) is 37.1 Å². The van der Waals surface area contributed by atoms with Crippen LogP contribution in [0.4, 0.5) is 10.5 Å². The number of benzene rings is 1. The topological polar surface area (TPSA) is 68.8 Å². The van der Waals surface area contributed by atoms with E-state index in [1.54, 1.807) is 0 Å². The zero-order chi connectivity index (χ0) is 18.9. The lowest BCUT2D eigenvalue weighted by Crippen LogP contribution is -2.40. The number of nitrogens with one attached hydrogen (secondary N) is 3. The van der Waals surface area contributed by atoms with E-state index in [1.165, 1.54) is 18.6 Å². The Labute approximate surface area is 189 Å². The Morgan fingerprint density at radius 1 is 1.25 bits per heavy atom. The molecule has 6 nitrogen and oxygen atoms in total. The zero-order valence-electron chi connectivity index (χ0n) is 16.6. The third kappa shape index (κ3) is 7.35. The largest absolute Gasteiger partial charge is 0.357 e. The molecule has 1 atom stereocenters. The van der Waals surface area contributed by atoms with Gasteiger partial charge in [-0.1, -0.05) is 12.1 Å². The minimum absolute atomic E-state index is 0. The fourth-order valence-electron chi connectivity index (χ4n) is 3.40. The molecule has 2 aliphatic heterocycles. The van der Waals surface area contributed by atoms with E-state index in [4.69, 9.17) is 4.99 Å². The van der Waals surface area contributed by atoms with Gasteiger partial charge in [-0.05, 0) is 56.1 Å². The van der Waals surface area contributed by atoms with E-state index in [-0.39, 0.29) is 30.0 Å². The smallest absolute Gasteiger partial charge is 0.321 e. The average Bonchev–Trinajstić information content (AvgIpc) is 3.38. The van der Waals surface area contributed by atoms with Crippen molar-refractivity contribution in [2.45, 2.75) is 44.4 Å². The van der Waals surface area contributed by atoms with Crippen LogP contribution in [-0.4, -0.2) is 54.1 Å². The zero-order valence-corrected chi connectivity index (χ0v) is 19.7. The highest BCUT2D eigenvalue weighted by molar-refractivity contribution is 14.0. The lowest BCUT2D eigenvalue weighted by molar-refractivity contribution is 0.222. The summed E-state index contributed by atoms with van der Waals surface area (Å²) in [5, 5.41) is 10.5. The molecule has 0 radical (unpaired) electrons. The SMILES string of the molecule is CCNC(=NCc1cccc(NC(=O)N2CCCC2)c1)NCC1CCCS1.I. The molecule has 3 N–H and O–H groups in total. The molecule has 0 saturated carbocycles. The van der Waals surface area contributed by atoms with Crippen molar-refractivity contribution in [2.75, 3.05) is 37.2 Å². The van der Waals surface area contributed by atoms with Crippen molar-refractivity contribution in [3.8, 4) is 0 Å².